The first-order valence-corrected chi connectivity index (χ1v) is 35.0. The Labute approximate surface area is 596 Å². The van der Waals surface area contributed by atoms with Gasteiger partial charge in [-0.2, -0.15) is 26.3 Å². The molecule has 1 unspecified atom stereocenters. The molecule has 0 aromatic heterocycles. The Hall–Kier alpha value is -7.45. The first kappa shape index (κ1) is 85.2. The minimum Gasteiger partial charge on any atom is -0.343 e. The number of nitrogens with one attached hydrogen (secondary N) is 3. The fourth-order valence-electron chi connectivity index (χ4n) is 13.4. The molecule has 3 heterocycles. The maximum absolute atomic E-state index is 15.1. The maximum atomic E-state index is 15.1. The number of nitrogens with zero attached hydrogens (tertiary/aromatic N) is 10. The molecule has 1 saturated carbocycles. The predicted octanol–water partition coefficient (Wildman–Crippen LogP) is 4.66. The predicted molar refractivity (Wildman–Crippen MR) is 359 cm³/mol. The van der Waals surface area contributed by atoms with Crippen molar-refractivity contribution < 1.29 is 92.7 Å². The lowest BCUT2D eigenvalue weighted by atomic mass is 9.84. The summed E-state index contributed by atoms with van der Waals surface area (Å²) < 4.78 is 115. The number of alkyl halides is 8. The Morgan fingerprint density at radius 2 is 1.20 bits per heavy atom. The summed E-state index contributed by atoms with van der Waals surface area (Å²) in [7, 11) is 9.55. The summed E-state index contributed by atoms with van der Waals surface area (Å²) in [5.41, 5.74) is -1.10. The number of hydrogen-bond acceptors (Lipinski definition) is 13. The van der Waals surface area contributed by atoms with Crippen molar-refractivity contribution in [2.75, 3.05) is 109 Å². The van der Waals surface area contributed by atoms with Crippen LogP contribution in [0.1, 0.15) is 136 Å². The van der Waals surface area contributed by atoms with Crippen molar-refractivity contribution in [1.82, 2.24) is 64.9 Å². The van der Waals surface area contributed by atoms with Crippen LogP contribution in [0.3, 0.4) is 0 Å². The van der Waals surface area contributed by atoms with Crippen LogP contribution in [0.25, 0.3) is 0 Å². The van der Waals surface area contributed by atoms with E-state index in [0.717, 1.165) is 88.4 Å². The van der Waals surface area contributed by atoms with Gasteiger partial charge >= 0.3 is 12.4 Å². The summed E-state index contributed by atoms with van der Waals surface area (Å²) >= 11 is 6.07. The number of hydrogen-bond donors (Lipinski definition) is 3. The Balaban J connectivity index is 1.65. The average Bonchev–Trinajstić information content (AvgIpc) is 0.817. The van der Waals surface area contributed by atoms with Crippen LogP contribution < -0.4 is 16.0 Å². The van der Waals surface area contributed by atoms with Crippen LogP contribution in [0.5, 0.6) is 0 Å². The fraction of sp³-hybridized carbons (Fsp3) is 0.735. The second kappa shape index (κ2) is 36.8. The largest absolute Gasteiger partial charge is 0.417 e. The molecule has 3 aliphatic heterocycles. The van der Waals surface area contributed by atoms with E-state index in [1.54, 1.807) is 13.8 Å². The van der Waals surface area contributed by atoms with Crippen molar-refractivity contribution >= 4 is 82.5 Å². The Morgan fingerprint density at radius 1 is 0.618 bits per heavy atom. The molecule has 574 valence electrons. The van der Waals surface area contributed by atoms with Crippen LogP contribution >= 0.6 is 11.6 Å². The van der Waals surface area contributed by atoms with Crippen LogP contribution in [0.2, 0.25) is 5.02 Å². The molecule has 3 saturated heterocycles. The molecule has 1 aromatic carbocycles. The van der Waals surface area contributed by atoms with Crippen LogP contribution in [-0.4, -0.2) is 289 Å². The van der Waals surface area contributed by atoms with E-state index < -0.39 is 225 Å². The van der Waals surface area contributed by atoms with E-state index in [1.807, 2.05) is 0 Å². The van der Waals surface area contributed by atoms with Gasteiger partial charge < -0.3 is 60.0 Å². The van der Waals surface area contributed by atoms with Gasteiger partial charge in [-0.25, -0.2) is 8.78 Å². The third kappa shape index (κ3) is 23.3. The lowest BCUT2D eigenvalue weighted by Gasteiger charge is -2.40. The molecule has 25 nitrogen and oxygen atoms in total. The van der Waals surface area contributed by atoms with E-state index in [2.05, 4.69) is 16.0 Å². The molecule has 4 fully saturated rings. The fourth-order valence-corrected chi connectivity index (χ4v) is 13.7. The highest BCUT2D eigenvalue weighted by atomic mass is 35.5. The number of amides is 12. The normalized spacial score (nSPS) is 26.1. The number of aryl methyl sites for hydroxylation is 1. The third-order valence-electron chi connectivity index (χ3n) is 20.1. The number of likely N-dealkylation sites (N-methyl/N-ethyl adjacent to an activating group) is 8. The molecular formula is C68H102ClF8N13O12. The number of carbonyl (C=O) groups is 12. The van der Waals surface area contributed by atoms with Crippen LogP contribution in [-0.2, 0) is 70.1 Å². The zero-order chi connectivity index (χ0) is 76.8. The van der Waals surface area contributed by atoms with E-state index in [4.69, 9.17) is 11.6 Å². The van der Waals surface area contributed by atoms with Gasteiger partial charge in [-0.05, 0) is 87.3 Å². The van der Waals surface area contributed by atoms with E-state index >= 15 is 9.59 Å². The highest BCUT2D eigenvalue weighted by molar-refractivity contribution is 6.31. The lowest BCUT2D eigenvalue weighted by molar-refractivity contribution is -0.161. The van der Waals surface area contributed by atoms with Crippen molar-refractivity contribution in [3.8, 4) is 0 Å². The number of likely N-dealkylation sites (tertiary alicyclic amines) is 2. The van der Waals surface area contributed by atoms with E-state index in [0.29, 0.717) is 48.0 Å². The Morgan fingerprint density at radius 3 is 1.75 bits per heavy atom. The minimum atomic E-state index is -5.26. The molecule has 0 spiro atoms. The van der Waals surface area contributed by atoms with Crippen molar-refractivity contribution in [3.05, 3.63) is 34.3 Å². The molecule has 4 aliphatic rings. The molecule has 5 rings (SSSR count). The summed E-state index contributed by atoms with van der Waals surface area (Å²) in [6, 6.07) is -11.0. The van der Waals surface area contributed by atoms with Gasteiger partial charge in [0.1, 0.15) is 48.3 Å². The highest BCUT2D eigenvalue weighted by Gasteiger charge is 2.48. The second-order valence-electron chi connectivity index (χ2n) is 28.3. The number of benzene rings is 1. The van der Waals surface area contributed by atoms with Gasteiger partial charge in [0.25, 0.3) is 5.92 Å². The Kier molecular flexibility index (Phi) is 30.7. The maximum Gasteiger partial charge on any atom is 0.417 e. The quantitative estimate of drug-likeness (QED) is 0.227. The van der Waals surface area contributed by atoms with E-state index in [9.17, 15) is 83.1 Å². The zero-order valence-electron chi connectivity index (χ0n) is 60.6. The second-order valence-corrected chi connectivity index (χ2v) is 28.7. The molecule has 3 N–H and O–H groups in total. The number of halogens is 9. The van der Waals surface area contributed by atoms with Gasteiger partial charge in [0.2, 0.25) is 70.9 Å². The van der Waals surface area contributed by atoms with Crippen molar-refractivity contribution in [2.24, 2.45) is 17.8 Å². The van der Waals surface area contributed by atoms with E-state index in [1.165, 1.54) is 65.8 Å². The molecule has 0 bridgehead atoms. The van der Waals surface area contributed by atoms with Gasteiger partial charge in [-0.1, -0.05) is 83.9 Å². The number of piperidine rings is 1. The zero-order valence-corrected chi connectivity index (χ0v) is 61.4. The van der Waals surface area contributed by atoms with Gasteiger partial charge in [-0.15, -0.1) is 0 Å². The topological polar surface area (TPSA) is 273 Å². The monoisotopic (exact) mass is 1480 g/mol. The summed E-state index contributed by atoms with van der Waals surface area (Å²) in [4.78, 5) is 185. The number of carbonyl (C=O) groups excluding carboxylic acids is 12. The highest BCUT2D eigenvalue weighted by Crippen LogP contribution is 2.36. The van der Waals surface area contributed by atoms with Gasteiger partial charge in [0.15, 0.2) is 0 Å². The SMILES string of the molecule is CC[C@H](C)[C@@H]1NC(=O)[C@H](C)N(C)C(=O)CC(C(=O)N2CCCCC2)N(C)C(=O)[C@H](C(C)C)N(C)C(=O)[C@H](CC(F)(F)F)NC(=O)[C@H](CCN2CC(F)(F)C2)N(C)C(=O)[C@H](CCc2ccc(C(F)(F)F)c(Cl)c2)NC(=O)CN(C)C(=O)[C@H](CC2CCCCC2)N(C)C(=O)CN(C)C(=O)CN(C)C1=O. The van der Waals surface area contributed by atoms with Crippen molar-refractivity contribution in [2.45, 2.75) is 198 Å². The first-order valence-electron chi connectivity index (χ1n) is 34.7. The summed E-state index contributed by atoms with van der Waals surface area (Å²) in [6.45, 7) is 3.93. The van der Waals surface area contributed by atoms with Gasteiger partial charge in [0, 0.05) is 76.0 Å². The lowest BCUT2D eigenvalue weighted by Crippen LogP contribution is -2.62. The number of rotatable bonds is 13. The molecule has 1 aliphatic carbocycles. The standard InChI is InChI=1S/C68H102ClF8N13O12/c1-14-41(4)56-64(101)83(8)36-54(93)81(6)37-55(94)85(10)50(32-43-21-17-15-18-22-43)62(99)82(7)35-52(91)78-47(26-24-44-23-25-45(46(69)31-44)68(75,76)77)60(97)86(11)49(27-30-89-38-66(70,71)39-89)59(96)79-48(34-67(72,73)74)61(98)88(13)57(40(2)3)65(102)87(12)51(63(100)90-28-19-16-20-29-90)33-53(92)84(9)42(5)58(95)80-56/h23,25,31,40-43,47-51,56-57H,14-22,24,26-30,32-39H2,1-13H3,(H,78,91)(H,79,96)(H,80,95)/t41-,42-,47-,48-,49-,50-,51?,56-,57-/m0/s1. The smallest absolute Gasteiger partial charge is 0.343 e. The van der Waals surface area contributed by atoms with E-state index in [-0.39, 0.29) is 37.4 Å². The molecule has 34 heteroatoms. The average molecular weight is 1480 g/mol. The van der Waals surface area contributed by atoms with Crippen LogP contribution in [0.15, 0.2) is 18.2 Å². The van der Waals surface area contributed by atoms with Crippen molar-refractivity contribution in [3.63, 3.8) is 0 Å². The van der Waals surface area contributed by atoms with Gasteiger partial charge in [0.05, 0.1) is 56.2 Å². The molecule has 1 aromatic rings. The third-order valence-corrected chi connectivity index (χ3v) is 20.5. The van der Waals surface area contributed by atoms with Gasteiger partial charge in [-0.3, -0.25) is 62.4 Å². The summed E-state index contributed by atoms with van der Waals surface area (Å²) in [5, 5.41) is 6.57. The minimum absolute atomic E-state index is 0.0879. The molecule has 12 amide bonds. The molecular weight excluding hydrogens is 1380 g/mol. The van der Waals surface area contributed by atoms with Crippen molar-refractivity contribution in [1.29, 1.82) is 0 Å². The summed E-state index contributed by atoms with van der Waals surface area (Å²) in [6.07, 6.45) is -8.26. The molecule has 0 radical (unpaired) electrons. The van der Waals surface area contributed by atoms with Crippen LogP contribution in [0.4, 0.5) is 35.1 Å². The molecule has 9 atom stereocenters. The first-order chi connectivity index (χ1) is 47.4. The summed E-state index contributed by atoms with van der Waals surface area (Å²) in [5.74, 6) is -16.4. The Bertz CT molecular complexity index is 3170. The van der Waals surface area contributed by atoms with Crippen LogP contribution in [0, 0.1) is 17.8 Å². The molecule has 102 heavy (non-hydrogen) atoms.